The number of nitrogens with zero attached hydrogens (tertiary/aromatic N) is 4. The van der Waals surface area contributed by atoms with Crippen LogP contribution in [0, 0.1) is 5.92 Å². The van der Waals surface area contributed by atoms with Gasteiger partial charge in [-0.15, -0.1) is 0 Å². The summed E-state index contributed by atoms with van der Waals surface area (Å²) in [6.07, 6.45) is 14.8. The molecule has 1 atom stereocenters. The SMILES string of the molecule is CCCCc1cc(NC(C(=O)NCCCOCC)C2CCCCC2)nc(-n2ccnc2)n1. The monoisotopic (exact) mass is 442 g/mol. The molecule has 0 aromatic carbocycles. The van der Waals surface area contributed by atoms with Crippen molar-refractivity contribution in [2.75, 3.05) is 25.1 Å². The number of nitrogens with one attached hydrogen (secondary N) is 2. The van der Waals surface area contributed by atoms with E-state index < -0.39 is 0 Å². The summed E-state index contributed by atoms with van der Waals surface area (Å²) in [5.74, 6) is 1.64. The van der Waals surface area contributed by atoms with Crippen LogP contribution in [0.1, 0.15) is 70.9 Å². The van der Waals surface area contributed by atoms with Gasteiger partial charge in [0.05, 0.1) is 0 Å². The molecule has 0 bridgehead atoms. The molecule has 0 radical (unpaired) electrons. The summed E-state index contributed by atoms with van der Waals surface area (Å²) in [6.45, 7) is 6.14. The Kier molecular flexibility index (Phi) is 9.94. The standard InChI is InChI=1S/C24H38N6O2/c1-3-5-12-20-17-21(29-24(27-20)30-15-14-25-18-30)28-22(19-10-7-6-8-11-19)23(31)26-13-9-16-32-4-2/h14-15,17-19,22H,3-13,16H2,1-2H3,(H,26,31)(H,27,28,29). The normalized spacial score (nSPS) is 15.4. The quantitative estimate of drug-likeness (QED) is 0.457. The first-order chi connectivity index (χ1) is 15.7. The lowest BCUT2D eigenvalue weighted by Crippen LogP contribution is -2.45. The van der Waals surface area contributed by atoms with Crippen molar-refractivity contribution >= 4 is 11.7 Å². The number of amides is 1. The minimum Gasteiger partial charge on any atom is -0.382 e. The van der Waals surface area contributed by atoms with Crippen molar-refractivity contribution in [2.45, 2.75) is 77.7 Å². The van der Waals surface area contributed by atoms with Crippen LogP contribution in [0.2, 0.25) is 0 Å². The lowest BCUT2D eigenvalue weighted by atomic mass is 9.83. The summed E-state index contributed by atoms with van der Waals surface area (Å²) in [7, 11) is 0. The number of ether oxygens (including phenoxy) is 1. The van der Waals surface area contributed by atoms with Crippen LogP contribution in [-0.4, -0.2) is 51.2 Å². The molecule has 32 heavy (non-hydrogen) atoms. The minimum atomic E-state index is -0.299. The fourth-order valence-electron chi connectivity index (χ4n) is 4.20. The van der Waals surface area contributed by atoms with Crippen molar-refractivity contribution in [1.82, 2.24) is 24.8 Å². The first kappa shape index (κ1) is 24.2. The third kappa shape index (κ3) is 7.29. The predicted octanol–water partition coefficient (Wildman–Crippen LogP) is 3.91. The van der Waals surface area contributed by atoms with E-state index in [9.17, 15) is 4.79 Å². The molecule has 0 spiro atoms. The van der Waals surface area contributed by atoms with Gasteiger partial charge in [0.15, 0.2) is 0 Å². The summed E-state index contributed by atoms with van der Waals surface area (Å²) < 4.78 is 7.20. The van der Waals surface area contributed by atoms with E-state index in [1.54, 1.807) is 12.5 Å². The van der Waals surface area contributed by atoms with Crippen LogP contribution < -0.4 is 10.6 Å². The van der Waals surface area contributed by atoms with E-state index >= 15 is 0 Å². The van der Waals surface area contributed by atoms with Gasteiger partial charge >= 0.3 is 0 Å². The highest BCUT2D eigenvalue weighted by atomic mass is 16.5. The van der Waals surface area contributed by atoms with Crippen LogP contribution in [0.4, 0.5) is 5.82 Å². The molecule has 1 unspecified atom stereocenters. The molecule has 1 aliphatic rings. The summed E-state index contributed by atoms with van der Waals surface area (Å²) in [5.41, 5.74) is 0.979. The highest BCUT2D eigenvalue weighted by molar-refractivity contribution is 5.84. The van der Waals surface area contributed by atoms with Gasteiger partial charge in [0.2, 0.25) is 11.9 Å². The number of aryl methyl sites for hydroxylation is 1. The van der Waals surface area contributed by atoms with Crippen LogP contribution in [0.3, 0.4) is 0 Å². The number of hydrogen-bond acceptors (Lipinski definition) is 6. The van der Waals surface area contributed by atoms with Crippen molar-refractivity contribution in [3.63, 3.8) is 0 Å². The van der Waals surface area contributed by atoms with E-state index in [4.69, 9.17) is 14.7 Å². The highest BCUT2D eigenvalue weighted by Crippen LogP contribution is 2.28. The van der Waals surface area contributed by atoms with Crippen LogP contribution in [-0.2, 0) is 16.0 Å². The zero-order valence-electron chi connectivity index (χ0n) is 19.6. The number of rotatable bonds is 13. The lowest BCUT2D eigenvalue weighted by Gasteiger charge is -2.30. The number of unbranched alkanes of at least 4 members (excludes halogenated alkanes) is 1. The van der Waals surface area contributed by atoms with Crippen molar-refractivity contribution in [3.8, 4) is 5.95 Å². The Labute approximate surface area is 191 Å². The molecule has 176 valence electrons. The van der Waals surface area contributed by atoms with Crippen molar-refractivity contribution in [3.05, 3.63) is 30.5 Å². The Hall–Kier alpha value is -2.48. The van der Waals surface area contributed by atoms with E-state index in [1.807, 2.05) is 23.8 Å². The van der Waals surface area contributed by atoms with Crippen LogP contribution >= 0.6 is 0 Å². The molecule has 2 heterocycles. The van der Waals surface area contributed by atoms with Gasteiger partial charge in [-0.1, -0.05) is 32.6 Å². The first-order valence-corrected chi connectivity index (χ1v) is 12.2. The van der Waals surface area contributed by atoms with E-state index in [2.05, 4.69) is 22.5 Å². The molecule has 1 saturated carbocycles. The van der Waals surface area contributed by atoms with E-state index in [-0.39, 0.29) is 11.9 Å². The van der Waals surface area contributed by atoms with E-state index in [0.29, 0.717) is 37.4 Å². The zero-order chi connectivity index (χ0) is 22.6. The average Bonchev–Trinajstić information content (AvgIpc) is 3.36. The highest BCUT2D eigenvalue weighted by Gasteiger charge is 2.30. The molecule has 8 heteroatoms. The molecule has 0 saturated heterocycles. The Balaban J connectivity index is 1.77. The maximum absolute atomic E-state index is 13.2. The Morgan fingerprint density at radius 3 is 2.78 bits per heavy atom. The summed E-state index contributed by atoms with van der Waals surface area (Å²) >= 11 is 0. The van der Waals surface area contributed by atoms with Crippen LogP contribution in [0.15, 0.2) is 24.8 Å². The fourth-order valence-corrected chi connectivity index (χ4v) is 4.20. The number of hydrogen-bond donors (Lipinski definition) is 2. The number of carbonyl (C=O) groups excluding carboxylic acids is 1. The second-order valence-electron chi connectivity index (χ2n) is 8.48. The Bertz CT molecular complexity index is 805. The van der Waals surface area contributed by atoms with Crippen molar-refractivity contribution in [1.29, 1.82) is 0 Å². The molecule has 1 fully saturated rings. The van der Waals surface area contributed by atoms with Gasteiger partial charge in [0.1, 0.15) is 18.2 Å². The minimum absolute atomic E-state index is 0.0475. The Morgan fingerprint density at radius 2 is 2.06 bits per heavy atom. The second-order valence-corrected chi connectivity index (χ2v) is 8.48. The average molecular weight is 443 g/mol. The van der Waals surface area contributed by atoms with Crippen molar-refractivity contribution in [2.24, 2.45) is 5.92 Å². The second kappa shape index (κ2) is 13.2. The van der Waals surface area contributed by atoms with Gasteiger partial charge in [-0.05, 0) is 44.9 Å². The van der Waals surface area contributed by atoms with E-state index in [1.165, 1.54) is 19.3 Å². The summed E-state index contributed by atoms with van der Waals surface area (Å²) in [6, 6.07) is 1.70. The zero-order valence-corrected chi connectivity index (χ0v) is 19.6. The predicted molar refractivity (Wildman–Crippen MR) is 126 cm³/mol. The van der Waals surface area contributed by atoms with Gasteiger partial charge in [-0.25, -0.2) is 9.97 Å². The molecule has 1 amide bonds. The maximum atomic E-state index is 13.2. The van der Waals surface area contributed by atoms with Crippen molar-refractivity contribution < 1.29 is 9.53 Å². The third-order valence-corrected chi connectivity index (χ3v) is 5.97. The number of anilines is 1. The molecule has 8 nitrogen and oxygen atoms in total. The maximum Gasteiger partial charge on any atom is 0.242 e. The molecule has 0 aliphatic heterocycles. The molecule has 1 aliphatic carbocycles. The number of imidazole rings is 1. The van der Waals surface area contributed by atoms with Gasteiger partial charge in [0, 0.05) is 43.9 Å². The first-order valence-electron chi connectivity index (χ1n) is 12.2. The number of aromatic nitrogens is 4. The van der Waals surface area contributed by atoms with Gasteiger partial charge in [-0.3, -0.25) is 9.36 Å². The smallest absolute Gasteiger partial charge is 0.242 e. The van der Waals surface area contributed by atoms with Crippen LogP contribution in [0.25, 0.3) is 5.95 Å². The van der Waals surface area contributed by atoms with Gasteiger partial charge < -0.3 is 15.4 Å². The molecule has 2 aromatic heterocycles. The van der Waals surface area contributed by atoms with Crippen LogP contribution in [0.5, 0.6) is 0 Å². The third-order valence-electron chi connectivity index (χ3n) is 5.97. The fraction of sp³-hybridized carbons (Fsp3) is 0.667. The number of carbonyl (C=O) groups is 1. The summed E-state index contributed by atoms with van der Waals surface area (Å²) in [5, 5.41) is 6.60. The topological polar surface area (TPSA) is 94.0 Å². The molecular weight excluding hydrogens is 404 g/mol. The lowest BCUT2D eigenvalue weighted by molar-refractivity contribution is -0.123. The van der Waals surface area contributed by atoms with E-state index in [0.717, 1.165) is 44.2 Å². The molecular formula is C24H38N6O2. The summed E-state index contributed by atoms with van der Waals surface area (Å²) in [4.78, 5) is 26.7. The molecule has 2 N–H and O–H groups in total. The van der Waals surface area contributed by atoms with Gasteiger partial charge in [-0.2, -0.15) is 4.98 Å². The molecule has 2 aromatic rings. The Morgan fingerprint density at radius 1 is 1.22 bits per heavy atom. The largest absolute Gasteiger partial charge is 0.382 e. The van der Waals surface area contributed by atoms with Gasteiger partial charge in [0.25, 0.3) is 0 Å². The molecule has 3 rings (SSSR count).